The van der Waals surface area contributed by atoms with Crippen molar-refractivity contribution >= 4 is 47.6 Å². The lowest BCUT2D eigenvalue weighted by Crippen LogP contribution is -2.52. The lowest BCUT2D eigenvalue weighted by Gasteiger charge is -2.38. The van der Waals surface area contributed by atoms with Crippen molar-refractivity contribution in [2.75, 3.05) is 78.1 Å². The minimum atomic E-state index is 0. The molecule has 0 aromatic rings. The van der Waals surface area contributed by atoms with Crippen molar-refractivity contribution in [2.45, 2.75) is 30.9 Å². The van der Waals surface area contributed by atoms with E-state index in [2.05, 4.69) is 20.5 Å². The normalized spacial score (nSPS) is 28.1. The number of likely N-dealkylation sites (N-methyl/N-ethyl adjacent to an activating group) is 1. The zero-order chi connectivity index (χ0) is 19.8. The number of nitrogens with zero attached hydrogens (tertiary/aromatic N) is 3. The average Bonchev–Trinajstić information content (AvgIpc) is 3.13. The molecule has 3 saturated heterocycles. The molecule has 0 bridgehead atoms. The van der Waals surface area contributed by atoms with E-state index in [1.807, 2.05) is 11.8 Å². The van der Waals surface area contributed by atoms with Gasteiger partial charge < -0.3 is 25.0 Å². The quantitative estimate of drug-likeness (QED) is 0.290. The van der Waals surface area contributed by atoms with Crippen LogP contribution in [0.2, 0.25) is 0 Å². The van der Waals surface area contributed by atoms with Gasteiger partial charge in [-0.3, -0.25) is 9.69 Å². The number of amides is 1. The van der Waals surface area contributed by atoms with Gasteiger partial charge in [0.15, 0.2) is 5.96 Å². The Hall–Kier alpha value is -0.300. The molecule has 0 aliphatic carbocycles. The van der Waals surface area contributed by atoms with Crippen LogP contribution in [-0.4, -0.2) is 111 Å². The van der Waals surface area contributed by atoms with Gasteiger partial charge in [0.2, 0.25) is 5.91 Å². The maximum absolute atomic E-state index is 12.0. The molecule has 1 spiro atoms. The molecule has 0 aromatic heterocycles. The molecule has 2 unspecified atom stereocenters. The van der Waals surface area contributed by atoms with E-state index >= 15 is 0 Å². The number of halogens is 1. The predicted octanol–water partition coefficient (Wildman–Crippen LogP) is 0.615. The molecular formula is C19H36IN5O3S. The van der Waals surface area contributed by atoms with Crippen molar-refractivity contribution in [2.24, 2.45) is 4.99 Å². The van der Waals surface area contributed by atoms with E-state index in [9.17, 15) is 4.79 Å². The Morgan fingerprint density at radius 2 is 2.10 bits per heavy atom. The Morgan fingerprint density at radius 3 is 2.79 bits per heavy atom. The second-order valence-electron chi connectivity index (χ2n) is 8.00. The number of thioether (sulfide) groups is 1. The molecule has 0 aromatic carbocycles. The molecular weight excluding hydrogens is 505 g/mol. The Bertz CT molecular complexity index is 540. The summed E-state index contributed by atoms with van der Waals surface area (Å²) in [7, 11) is 3.52. The first kappa shape index (κ1) is 25.0. The predicted molar refractivity (Wildman–Crippen MR) is 128 cm³/mol. The third-order valence-electron chi connectivity index (χ3n) is 5.60. The van der Waals surface area contributed by atoms with Gasteiger partial charge in [-0.1, -0.05) is 0 Å². The molecule has 3 rings (SSSR count). The summed E-state index contributed by atoms with van der Waals surface area (Å²) in [6.45, 7) is 6.24. The molecule has 3 fully saturated rings. The molecule has 2 N–H and O–H groups in total. The van der Waals surface area contributed by atoms with Crippen molar-refractivity contribution in [3.8, 4) is 0 Å². The van der Waals surface area contributed by atoms with Crippen LogP contribution >= 0.6 is 35.7 Å². The summed E-state index contributed by atoms with van der Waals surface area (Å²) in [5, 5.41) is 7.00. The van der Waals surface area contributed by atoms with Crippen LogP contribution in [0.25, 0.3) is 0 Å². The van der Waals surface area contributed by atoms with Gasteiger partial charge in [-0.15, -0.1) is 24.0 Å². The van der Waals surface area contributed by atoms with Gasteiger partial charge in [-0.05, 0) is 25.0 Å². The summed E-state index contributed by atoms with van der Waals surface area (Å²) in [5.74, 6) is 3.01. The summed E-state index contributed by atoms with van der Waals surface area (Å²) in [4.78, 5) is 20.5. The summed E-state index contributed by atoms with van der Waals surface area (Å²) in [5.41, 5.74) is 0.0267. The van der Waals surface area contributed by atoms with Gasteiger partial charge in [0.25, 0.3) is 0 Å². The van der Waals surface area contributed by atoms with Crippen molar-refractivity contribution in [3.63, 3.8) is 0 Å². The fourth-order valence-electron chi connectivity index (χ4n) is 3.81. The number of morpholine rings is 1. The summed E-state index contributed by atoms with van der Waals surface area (Å²) in [6, 6.07) is 0.330. The van der Waals surface area contributed by atoms with Crippen molar-refractivity contribution in [3.05, 3.63) is 0 Å². The summed E-state index contributed by atoms with van der Waals surface area (Å²) < 4.78 is 11.5. The molecule has 168 valence electrons. The van der Waals surface area contributed by atoms with Gasteiger partial charge in [-0.2, -0.15) is 11.8 Å². The smallest absolute Gasteiger partial charge is 0.243 e. The number of carbonyl (C=O) groups is 1. The molecule has 0 radical (unpaired) electrons. The van der Waals surface area contributed by atoms with Crippen LogP contribution in [0.5, 0.6) is 0 Å². The Morgan fingerprint density at radius 1 is 1.31 bits per heavy atom. The maximum Gasteiger partial charge on any atom is 0.243 e. The number of hydrogen-bond donors (Lipinski definition) is 2. The van der Waals surface area contributed by atoms with Crippen LogP contribution in [-0.2, 0) is 14.3 Å². The van der Waals surface area contributed by atoms with E-state index in [4.69, 9.17) is 9.47 Å². The van der Waals surface area contributed by atoms with E-state index in [1.165, 1.54) is 5.75 Å². The highest BCUT2D eigenvalue weighted by atomic mass is 127. The fourth-order valence-corrected chi connectivity index (χ4v) is 5.18. The monoisotopic (exact) mass is 541 g/mol. The number of ether oxygens (including phenoxy) is 2. The van der Waals surface area contributed by atoms with E-state index in [0.29, 0.717) is 6.04 Å². The highest BCUT2D eigenvalue weighted by molar-refractivity contribution is 14.0. The van der Waals surface area contributed by atoms with Crippen LogP contribution in [0.15, 0.2) is 4.99 Å². The number of aliphatic imine (C=N–C) groups is 1. The minimum absolute atomic E-state index is 0. The first-order chi connectivity index (χ1) is 13.6. The van der Waals surface area contributed by atoms with Crippen LogP contribution in [0.3, 0.4) is 0 Å². The fraction of sp³-hybridized carbons (Fsp3) is 0.895. The van der Waals surface area contributed by atoms with Crippen molar-refractivity contribution in [1.29, 1.82) is 0 Å². The van der Waals surface area contributed by atoms with E-state index in [-0.39, 0.29) is 42.0 Å². The van der Waals surface area contributed by atoms with Crippen LogP contribution in [0, 0.1) is 0 Å². The molecule has 29 heavy (non-hydrogen) atoms. The minimum Gasteiger partial charge on any atom is -0.379 e. The van der Waals surface area contributed by atoms with E-state index in [0.717, 1.165) is 77.0 Å². The number of hydrogen-bond acceptors (Lipinski definition) is 6. The number of guanidine groups is 1. The Labute approximate surface area is 195 Å². The lowest BCUT2D eigenvalue weighted by molar-refractivity contribution is -0.127. The van der Waals surface area contributed by atoms with Crippen LogP contribution in [0.1, 0.15) is 19.3 Å². The zero-order valence-corrected chi connectivity index (χ0v) is 20.8. The van der Waals surface area contributed by atoms with Gasteiger partial charge in [-0.25, -0.2) is 4.99 Å². The largest absolute Gasteiger partial charge is 0.379 e. The molecule has 3 heterocycles. The maximum atomic E-state index is 12.0. The second kappa shape index (κ2) is 12.5. The standard InChI is InChI=1S/C19H35N5O3S.HI/c1-23(2)17(25)14-21-18(20-5-6-24-7-10-26-11-8-24)22-16-3-9-27-19(13-16)4-12-28-15-19;/h16H,3-15H2,1-2H3,(H2,20,21,22);1H. The second-order valence-corrected chi connectivity index (χ2v) is 9.11. The topological polar surface area (TPSA) is 78.4 Å². The summed E-state index contributed by atoms with van der Waals surface area (Å²) >= 11 is 1.98. The van der Waals surface area contributed by atoms with Crippen LogP contribution < -0.4 is 10.6 Å². The van der Waals surface area contributed by atoms with E-state index in [1.54, 1.807) is 19.0 Å². The SMILES string of the molecule is CN(C)C(=O)CN=C(NCCN1CCOCC1)NC1CCOC2(CCSC2)C1.I. The molecule has 1 amide bonds. The lowest BCUT2D eigenvalue weighted by atomic mass is 9.90. The molecule has 0 saturated carbocycles. The molecule has 8 nitrogen and oxygen atoms in total. The highest BCUT2D eigenvalue weighted by Crippen LogP contribution is 2.38. The number of carbonyl (C=O) groups excluding carboxylic acids is 1. The average molecular weight is 542 g/mol. The highest BCUT2D eigenvalue weighted by Gasteiger charge is 2.40. The Kier molecular flexibility index (Phi) is 10.8. The third-order valence-corrected chi connectivity index (χ3v) is 6.82. The zero-order valence-electron chi connectivity index (χ0n) is 17.7. The van der Waals surface area contributed by atoms with Gasteiger partial charge in [0, 0.05) is 58.7 Å². The molecule has 3 aliphatic rings. The first-order valence-corrected chi connectivity index (χ1v) is 11.5. The first-order valence-electron chi connectivity index (χ1n) is 10.3. The number of rotatable bonds is 6. The molecule has 3 aliphatic heterocycles. The van der Waals surface area contributed by atoms with Gasteiger partial charge in [0.1, 0.15) is 6.54 Å². The number of nitrogens with one attached hydrogen (secondary N) is 2. The van der Waals surface area contributed by atoms with Crippen LogP contribution in [0.4, 0.5) is 0 Å². The third kappa shape index (κ3) is 8.04. The van der Waals surface area contributed by atoms with Crippen molar-refractivity contribution in [1.82, 2.24) is 20.4 Å². The Balaban J connectivity index is 0.00000300. The van der Waals surface area contributed by atoms with Gasteiger partial charge >= 0.3 is 0 Å². The van der Waals surface area contributed by atoms with Gasteiger partial charge in [0.05, 0.1) is 18.8 Å². The molecule has 2 atom stereocenters. The van der Waals surface area contributed by atoms with E-state index < -0.39 is 0 Å². The molecule has 10 heteroatoms. The summed E-state index contributed by atoms with van der Waals surface area (Å²) in [6.07, 6.45) is 3.11. The van der Waals surface area contributed by atoms with Crippen molar-refractivity contribution < 1.29 is 14.3 Å².